The predicted molar refractivity (Wildman–Crippen MR) is 58.0 cm³/mol. The third kappa shape index (κ3) is 2.41. The summed E-state index contributed by atoms with van der Waals surface area (Å²) in [6, 6.07) is 3.17. The molecule has 0 fully saturated rings. The first-order chi connectivity index (χ1) is 7.47. The van der Waals surface area contributed by atoms with Crippen molar-refractivity contribution in [3.05, 3.63) is 34.0 Å². The molecule has 0 saturated heterocycles. The molecule has 84 valence electrons. The molecule has 0 bridgehead atoms. The molecule has 0 atom stereocenters. The first-order valence-corrected chi connectivity index (χ1v) is 5.79. The van der Waals surface area contributed by atoms with Gasteiger partial charge in [-0.1, -0.05) is 0 Å². The molecule has 2 nitrogen and oxygen atoms in total. The standard InChI is InChI=1S/C9H4BrF3N2S/c10-5-3-7(16-4-5)6-1-2-14-8(15-6)9(11,12)13/h1-4H. The highest BCUT2D eigenvalue weighted by Gasteiger charge is 2.34. The van der Waals surface area contributed by atoms with Gasteiger partial charge >= 0.3 is 6.18 Å². The van der Waals surface area contributed by atoms with Crippen LogP contribution in [-0.4, -0.2) is 9.97 Å². The second-order valence-electron chi connectivity index (χ2n) is 2.89. The van der Waals surface area contributed by atoms with Crippen LogP contribution in [0.5, 0.6) is 0 Å². The van der Waals surface area contributed by atoms with Crippen molar-refractivity contribution >= 4 is 27.3 Å². The van der Waals surface area contributed by atoms with Crippen LogP contribution >= 0.6 is 27.3 Å². The Morgan fingerprint density at radius 3 is 2.62 bits per heavy atom. The third-order valence-electron chi connectivity index (χ3n) is 1.73. The molecular formula is C9H4BrF3N2S. The average molecular weight is 309 g/mol. The van der Waals surface area contributed by atoms with Crippen molar-refractivity contribution in [3.63, 3.8) is 0 Å². The number of halogens is 4. The van der Waals surface area contributed by atoms with Crippen molar-refractivity contribution < 1.29 is 13.2 Å². The second-order valence-corrected chi connectivity index (χ2v) is 4.72. The number of aromatic nitrogens is 2. The van der Waals surface area contributed by atoms with E-state index < -0.39 is 12.0 Å². The average Bonchev–Trinajstić information content (AvgIpc) is 2.64. The Balaban J connectivity index is 2.44. The van der Waals surface area contributed by atoms with Gasteiger partial charge in [0, 0.05) is 16.0 Å². The summed E-state index contributed by atoms with van der Waals surface area (Å²) in [6.07, 6.45) is -3.40. The Kier molecular flexibility index (Phi) is 2.98. The van der Waals surface area contributed by atoms with Crippen LogP contribution in [0.2, 0.25) is 0 Å². The first kappa shape index (κ1) is 11.5. The van der Waals surface area contributed by atoms with Gasteiger partial charge in [-0.15, -0.1) is 11.3 Å². The van der Waals surface area contributed by atoms with Gasteiger partial charge in [-0.2, -0.15) is 13.2 Å². The molecule has 0 aliphatic heterocycles. The molecule has 0 saturated carbocycles. The molecule has 16 heavy (non-hydrogen) atoms. The fourth-order valence-electron chi connectivity index (χ4n) is 1.08. The Hall–Kier alpha value is -0.950. The van der Waals surface area contributed by atoms with Crippen molar-refractivity contribution in [2.45, 2.75) is 6.18 Å². The van der Waals surface area contributed by atoms with Gasteiger partial charge < -0.3 is 0 Å². The molecule has 2 rings (SSSR count). The van der Waals surface area contributed by atoms with Crippen molar-refractivity contribution in [1.82, 2.24) is 9.97 Å². The molecule has 0 N–H and O–H groups in total. The summed E-state index contributed by atoms with van der Waals surface area (Å²) in [5.74, 6) is -1.12. The Bertz CT molecular complexity index is 509. The summed E-state index contributed by atoms with van der Waals surface area (Å²) >= 11 is 4.55. The predicted octanol–water partition coefficient (Wildman–Crippen LogP) is 3.99. The van der Waals surface area contributed by atoms with Crippen LogP contribution in [0.4, 0.5) is 13.2 Å². The molecule has 0 unspecified atom stereocenters. The SMILES string of the molecule is FC(F)(F)c1nccc(-c2cc(Br)cs2)n1. The van der Waals surface area contributed by atoms with Gasteiger partial charge in [0.05, 0.1) is 10.6 Å². The molecule has 7 heteroatoms. The highest BCUT2D eigenvalue weighted by Crippen LogP contribution is 2.31. The van der Waals surface area contributed by atoms with Crippen molar-refractivity contribution in [1.29, 1.82) is 0 Å². The minimum Gasteiger partial charge on any atom is -0.233 e. The number of hydrogen-bond acceptors (Lipinski definition) is 3. The quantitative estimate of drug-likeness (QED) is 0.796. The first-order valence-electron chi connectivity index (χ1n) is 4.11. The van der Waals surface area contributed by atoms with Crippen LogP contribution < -0.4 is 0 Å². The number of hydrogen-bond donors (Lipinski definition) is 0. The number of nitrogens with zero attached hydrogens (tertiary/aromatic N) is 2. The molecule has 0 aliphatic rings. The van der Waals surface area contributed by atoms with E-state index in [2.05, 4.69) is 25.9 Å². The summed E-state index contributed by atoms with van der Waals surface area (Å²) in [5.41, 5.74) is 0.276. The number of rotatable bonds is 1. The number of thiophene rings is 1. The van der Waals surface area contributed by atoms with Gasteiger partial charge in [-0.3, -0.25) is 0 Å². The lowest BCUT2D eigenvalue weighted by molar-refractivity contribution is -0.144. The van der Waals surface area contributed by atoms with Gasteiger partial charge in [0.15, 0.2) is 0 Å². The molecule has 0 amide bonds. The van der Waals surface area contributed by atoms with Crippen LogP contribution in [0.3, 0.4) is 0 Å². The van der Waals surface area contributed by atoms with Crippen LogP contribution in [0.15, 0.2) is 28.2 Å². The van der Waals surface area contributed by atoms with Gasteiger partial charge in [0.1, 0.15) is 0 Å². The van der Waals surface area contributed by atoms with E-state index in [0.29, 0.717) is 4.88 Å². The van der Waals surface area contributed by atoms with E-state index in [1.54, 1.807) is 11.4 Å². The van der Waals surface area contributed by atoms with E-state index in [1.807, 2.05) is 0 Å². The van der Waals surface area contributed by atoms with Gasteiger partial charge in [0.2, 0.25) is 5.82 Å². The van der Waals surface area contributed by atoms with Gasteiger partial charge in [-0.05, 0) is 28.1 Å². The zero-order chi connectivity index (χ0) is 11.8. The zero-order valence-corrected chi connectivity index (χ0v) is 10.0. The van der Waals surface area contributed by atoms with Gasteiger partial charge in [0.25, 0.3) is 0 Å². The minimum atomic E-state index is -4.51. The maximum atomic E-state index is 12.4. The molecule has 0 aromatic carbocycles. The zero-order valence-electron chi connectivity index (χ0n) is 7.62. The van der Waals surface area contributed by atoms with E-state index in [-0.39, 0.29) is 5.69 Å². The summed E-state index contributed by atoms with van der Waals surface area (Å²) in [5, 5.41) is 1.78. The normalized spacial score (nSPS) is 11.8. The molecular weight excluding hydrogens is 305 g/mol. The smallest absolute Gasteiger partial charge is 0.233 e. The molecule has 0 radical (unpaired) electrons. The van der Waals surface area contributed by atoms with Crippen LogP contribution in [0, 0.1) is 0 Å². The van der Waals surface area contributed by atoms with Crippen LogP contribution in [-0.2, 0) is 6.18 Å². The molecule has 0 spiro atoms. The number of alkyl halides is 3. The van der Waals surface area contributed by atoms with Crippen molar-refractivity contribution in [2.24, 2.45) is 0 Å². The summed E-state index contributed by atoms with van der Waals surface area (Å²) in [7, 11) is 0. The lowest BCUT2D eigenvalue weighted by Crippen LogP contribution is -2.10. The van der Waals surface area contributed by atoms with E-state index in [0.717, 1.165) is 10.7 Å². The maximum Gasteiger partial charge on any atom is 0.451 e. The molecule has 2 aromatic heterocycles. The van der Waals surface area contributed by atoms with E-state index in [9.17, 15) is 13.2 Å². The molecule has 2 heterocycles. The lowest BCUT2D eigenvalue weighted by atomic mass is 10.3. The highest BCUT2D eigenvalue weighted by atomic mass is 79.9. The van der Waals surface area contributed by atoms with Gasteiger partial charge in [-0.25, -0.2) is 9.97 Å². The van der Waals surface area contributed by atoms with Crippen LogP contribution in [0.25, 0.3) is 10.6 Å². The minimum absolute atomic E-state index is 0.276. The van der Waals surface area contributed by atoms with Crippen molar-refractivity contribution in [2.75, 3.05) is 0 Å². The van der Waals surface area contributed by atoms with Crippen molar-refractivity contribution in [3.8, 4) is 10.6 Å². The van der Waals surface area contributed by atoms with E-state index in [4.69, 9.17) is 0 Å². The maximum absolute atomic E-state index is 12.4. The summed E-state index contributed by atoms with van der Waals surface area (Å²) in [6.45, 7) is 0. The topological polar surface area (TPSA) is 25.8 Å². The highest BCUT2D eigenvalue weighted by molar-refractivity contribution is 9.10. The lowest BCUT2D eigenvalue weighted by Gasteiger charge is -2.04. The summed E-state index contributed by atoms with van der Waals surface area (Å²) in [4.78, 5) is 7.35. The van der Waals surface area contributed by atoms with E-state index >= 15 is 0 Å². The Labute approximate surface area is 101 Å². The molecule has 2 aromatic rings. The largest absolute Gasteiger partial charge is 0.451 e. The fraction of sp³-hybridized carbons (Fsp3) is 0.111. The monoisotopic (exact) mass is 308 g/mol. The van der Waals surface area contributed by atoms with E-state index in [1.165, 1.54) is 17.4 Å². The third-order valence-corrected chi connectivity index (χ3v) is 3.44. The second kappa shape index (κ2) is 4.14. The Morgan fingerprint density at radius 2 is 2.06 bits per heavy atom. The fourth-order valence-corrected chi connectivity index (χ4v) is 2.48. The van der Waals surface area contributed by atoms with Crippen LogP contribution in [0.1, 0.15) is 5.82 Å². The Morgan fingerprint density at radius 1 is 1.31 bits per heavy atom. The molecule has 0 aliphatic carbocycles. The summed E-state index contributed by atoms with van der Waals surface area (Å²) < 4.78 is 37.9.